The first-order valence-corrected chi connectivity index (χ1v) is 11.6. The molecule has 0 spiro atoms. The van der Waals surface area contributed by atoms with E-state index in [1.807, 2.05) is 24.0 Å². The average Bonchev–Trinajstić information content (AvgIpc) is 2.80. The van der Waals surface area contributed by atoms with Crippen LogP contribution in [-0.4, -0.2) is 59.3 Å². The third kappa shape index (κ3) is 6.09. The summed E-state index contributed by atoms with van der Waals surface area (Å²) in [6, 6.07) is 11.7. The molecule has 1 aliphatic heterocycles. The highest BCUT2D eigenvalue weighted by Gasteiger charge is 2.17. The second-order valence-corrected chi connectivity index (χ2v) is 8.92. The smallest absolute Gasteiger partial charge is 0.253 e. The van der Waals surface area contributed by atoms with Crippen molar-refractivity contribution < 1.29 is 9.13 Å². The second-order valence-electron chi connectivity index (χ2n) is 8.12. The van der Waals surface area contributed by atoms with E-state index in [-0.39, 0.29) is 11.4 Å². The first-order chi connectivity index (χ1) is 15.9. The Hall–Kier alpha value is -2.52. The number of hydrogen-bond acceptors (Lipinski definition) is 4. The lowest BCUT2D eigenvalue weighted by Crippen LogP contribution is -2.44. The van der Waals surface area contributed by atoms with E-state index in [4.69, 9.17) is 28.6 Å². The lowest BCUT2D eigenvalue weighted by atomic mass is 10.1. The van der Waals surface area contributed by atoms with Crippen molar-refractivity contribution in [3.8, 4) is 0 Å². The van der Waals surface area contributed by atoms with Crippen molar-refractivity contribution in [3.63, 3.8) is 0 Å². The van der Waals surface area contributed by atoms with Gasteiger partial charge in [-0.2, -0.15) is 0 Å². The lowest BCUT2D eigenvalue weighted by molar-refractivity contribution is 0.0358. The number of H-pyrrole nitrogens is 1. The van der Waals surface area contributed by atoms with E-state index in [1.54, 1.807) is 18.2 Å². The van der Waals surface area contributed by atoms with Gasteiger partial charge in [0.15, 0.2) is 5.11 Å². The van der Waals surface area contributed by atoms with Crippen LogP contribution in [0.15, 0.2) is 47.3 Å². The Morgan fingerprint density at radius 1 is 1.24 bits per heavy atom. The lowest BCUT2D eigenvalue weighted by Gasteiger charge is -2.31. The van der Waals surface area contributed by atoms with Gasteiger partial charge in [-0.15, -0.1) is 0 Å². The number of halogens is 2. The summed E-state index contributed by atoms with van der Waals surface area (Å²) in [4.78, 5) is 20.0. The van der Waals surface area contributed by atoms with Crippen LogP contribution in [0.3, 0.4) is 0 Å². The van der Waals surface area contributed by atoms with Gasteiger partial charge >= 0.3 is 0 Å². The van der Waals surface area contributed by atoms with E-state index in [1.165, 1.54) is 12.1 Å². The Morgan fingerprint density at radius 2 is 1.97 bits per heavy atom. The quantitative estimate of drug-likeness (QED) is 0.508. The van der Waals surface area contributed by atoms with E-state index in [9.17, 15) is 9.18 Å². The molecule has 0 unspecified atom stereocenters. The Kier molecular flexibility index (Phi) is 7.60. The average molecular weight is 489 g/mol. The van der Waals surface area contributed by atoms with Gasteiger partial charge < -0.3 is 19.9 Å². The van der Waals surface area contributed by atoms with Crippen LogP contribution in [0.1, 0.15) is 11.1 Å². The minimum Gasteiger partial charge on any atom is -0.379 e. The molecule has 0 amide bonds. The third-order valence-corrected chi connectivity index (χ3v) is 6.50. The number of aryl methyl sites for hydroxylation is 1. The van der Waals surface area contributed by atoms with Crippen molar-refractivity contribution in [1.29, 1.82) is 0 Å². The fourth-order valence-electron chi connectivity index (χ4n) is 3.79. The number of aromatic nitrogens is 1. The highest BCUT2D eigenvalue weighted by molar-refractivity contribution is 7.80. The van der Waals surface area contributed by atoms with Gasteiger partial charge in [0.05, 0.1) is 19.8 Å². The zero-order valence-corrected chi connectivity index (χ0v) is 19.9. The van der Waals surface area contributed by atoms with Crippen LogP contribution in [0.4, 0.5) is 10.1 Å². The molecular weight excluding hydrogens is 463 g/mol. The van der Waals surface area contributed by atoms with E-state index >= 15 is 0 Å². The molecular formula is C24H26ClFN4O2S. The minimum absolute atomic E-state index is 0.177. The maximum Gasteiger partial charge on any atom is 0.253 e. The number of nitrogens with one attached hydrogen (secondary N) is 2. The van der Waals surface area contributed by atoms with Crippen LogP contribution in [-0.2, 0) is 11.3 Å². The van der Waals surface area contributed by atoms with Crippen molar-refractivity contribution >= 4 is 45.5 Å². The number of nitrogens with zero attached hydrogens (tertiary/aromatic N) is 2. The van der Waals surface area contributed by atoms with Crippen molar-refractivity contribution in [3.05, 3.63) is 74.8 Å². The normalized spacial score (nSPS) is 14.4. The molecule has 1 saturated heterocycles. The number of ether oxygens (including phenoxy) is 1. The highest BCUT2D eigenvalue weighted by atomic mass is 35.5. The number of pyridine rings is 1. The zero-order chi connectivity index (χ0) is 23.4. The minimum atomic E-state index is -0.311. The van der Waals surface area contributed by atoms with Crippen LogP contribution in [0.25, 0.3) is 10.9 Å². The van der Waals surface area contributed by atoms with Gasteiger partial charge in [0.2, 0.25) is 0 Å². The molecule has 1 aromatic heterocycles. The van der Waals surface area contributed by atoms with E-state index in [0.717, 1.165) is 30.6 Å². The molecule has 6 nitrogen and oxygen atoms in total. The van der Waals surface area contributed by atoms with Crippen molar-refractivity contribution in [2.24, 2.45) is 0 Å². The summed E-state index contributed by atoms with van der Waals surface area (Å²) in [6.07, 6.45) is 0. The van der Waals surface area contributed by atoms with Gasteiger partial charge in [0.25, 0.3) is 5.56 Å². The molecule has 0 bridgehead atoms. The Morgan fingerprint density at radius 3 is 2.70 bits per heavy atom. The SMILES string of the molecule is Cc1cc2cc(CN(CCN3CCOCC3)C(=S)Nc3ccc(F)cc3)c(=O)[nH]c2cc1Cl. The molecule has 33 heavy (non-hydrogen) atoms. The summed E-state index contributed by atoms with van der Waals surface area (Å²) in [7, 11) is 0. The van der Waals surface area contributed by atoms with Gasteiger partial charge in [-0.25, -0.2) is 4.39 Å². The van der Waals surface area contributed by atoms with Crippen LogP contribution >= 0.6 is 23.8 Å². The summed E-state index contributed by atoms with van der Waals surface area (Å²) < 4.78 is 18.7. The number of thiocarbonyl (C=S) groups is 1. The standard InChI is InChI=1S/C24H26ClFN4O2S/c1-16-12-17-13-18(23(31)28-22(17)14-21(16)25)15-30(7-6-29-8-10-32-11-9-29)24(33)27-20-4-2-19(26)3-5-20/h2-5,12-14H,6-11,15H2,1H3,(H,27,33)(H,28,31). The van der Waals surface area contributed by atoms with Crippen molar-refractivity contribution in [2.75, 3.05) is 44.7 Å². The van der Waals surface area contributed by atoms with Gasteiger partial charge in [-0.3, -0.25) is 9.69 Å². The Balaban J connectivity index is 1.56. The number of fused-ring (bicyclic) bond motifs is 1. The molecule has 0 saturated carbocycles. The number of morpholine rings is 1. The van der Waals surface area contributed by atoms with E-state index in [2.05, 4.69) is 15.2 Å². The molecule has 2 heterocycles. The molecule has 1 aliphatic rings. The molecule has 0 atom stereocenters. The summed E-state index contributed by atoms with van der Waals surface area (Å²) in [5, 5.41) is 5.17. The summed E-state index contributed by atoms with van der Waals surface area (Å²) in [6.45, 7) is 6.84. The highest BCUT2D eigenvalue weighted by Crippen LogP contribution is 2.22. The van der Waals surface area contributed by atoms with Gasteiger partial charge in [-0.1, -0.05) is 11.6 Å². The molecule has 174 valence electrons. The predicted molar refractivity (Wildman–Crippen MR) is 135 cm³/mol. The third-order valence-electron chi connectivity index (χ3n) is 5.73. The van der Waals surface area contributed by atoms with Gasteiger partial charge in [0.1, 0.15) is 5.82 Å². The summed E-state index contributed by atoms with van der Waals surface area (Å²) >= 11 is 11.9. The Bertz CT molecular complexity index is 1200. The van der Waals surface area contributed by atoms with E-state index < -0.39 is 0 Å². The van der Waals surface area contributed by atoms with Crippen LogP contribution in [0.2, 0.25) is 5.02 Å². The van der Waals surface area contributed by atoms with E-state index in [0.29, 0.717) is 53.2 Å². The molecule has 0 aliphatic carbocycles. The fourth-order valence-corrected chi connectivity index (χ4v) is 4.22. The van der Waals surface area contributed by atoms with Gasteiger partial charge in [-0.05, 0) is 72.6 Å². The number of benzene rings is 2. The molecule has 2 N–H and O–H groups in total. The summed E-state index contributed by atoms with van der Waals surface area (Å²) in [5.74, 6) is -0.311. The molecule has 3 aromatic rings. The fraction of sp³-hybridized carbons (Fsp3) is 0.333. The van der Waals surface area contributed by atoms with Crippen LogP contribution in [0.5, 0.6) is 0 Å². The number of anilines is 1. The molecule has 2 aromatic carbocycles. The molecule has 0 radical (unpaired) electrons. The molecule has 9 heteroatoms. The number of hydrogen-bond donors (Lipinski definition) is 2. The molecule has 4 rings (SSSR count). The topological polar surface area (TPSA) is 60.6 Å². The number of aromatic amines is 1. The maximum atomic E-state index is 13.3. The van der Waals surface area contributed by atoms with Crippen LogP contribution < -0.4 is 10.9 Å². The largest absolute Gasteiger partial charge is 0.379 e. The van der Waals surface area contributed by atoms with Crippen molar-refractivity contribution in [2.45, 2.75) is 13.5 Å². The first kappa shape index (κ1) is 23.6. The first-order valence-electron chi connectivity index (χ1n) is 10.8. The second kappa shape index (κ2) is 10.6. The van der Waals surface area contributed by atoms with Crippen LogP contribution in [0, 0.1) is 12.7 Å². The Labute approximate surface area is 202 Å². The van der Waals surface area contributed by atoms with Crippen molar-refractivity contribution in [1.82, 2.24) is 14.8 Å². The van der Waals surface area contributed by atoms with Gasteiger partial charge in [0, 0.05) is 48.0 Å². The predicted octanol–water partition coefficient (Wildman–Crippen LogP) is 4.16. The maximum absolute atomic E-state index is 13.3. The number of rotatable bonds is 6. The zero-order valence-electron chi connectivity index (χ0n) is 18.4. The summed E-state index contributed by atoms with van der Waals surface area (Å²) in [5.41, 5.74) is 2.76. The monoisotopic (exact) mass is 488 g/mol. The molecule has 1 fully saturated rings.